The highest BCUT2D eigenvalue weighted by molar-refractivity contribution is 6.17. The lowest BCUT2D eigenvalue weighted by molar-refractivity contribution is 0.357. The van der Waals surface area contributed by atoms with Gasteiger partial charge in [-0.3, -0.25) is 4.57 Å². The van der Waals surface area contributed by atoms with Gasteiger partial charge in [0.2, 0.25) is 5.95 Å². The SMILES string of the molecule is CCCCNc1nc(N)c2nc(OC)n(CCCCCl)c2n1. The molecule has 0 unspecified atom stereocenters. The van der Waals surface area contributed by atoms with Gasteiger partial charge in [-0.15, -0.1) is 11.6 Å². The minimum Gasteiger partial charge on any atom is -0.468 e. The molecular weight excluding hydrogens is 304 g/mol. The second kappa shape index (κ2) is 8.03. The minimum absolute atomic E-state index is 0.360. The molecule has 0 aliphatic carbocycles. The van der Waals surface area contributed by atoms with Crippen molar-refractivity contribution in [3.8, 4) is 6.01 Å². The lowest BCUT2D eigenvalue weighted by Gasteiger charge is -2.08. The van der Waals surface area contributed by atoms with Gasteiger partial charge in [0.1, 0.15) is 0 Å². The highest BCUT2D eigenvalue weighted by Crippen LogP contribution is 2.25. The highest BCUT2D eigenvalue weighted by Gasteiger charge is 2.16. The molecule has 3 N–H and O–H groups in total. The van der Waals surface area contributed by atoms with Gasteiger partial charge in [0, 0.05) is 19.0 Å². The molecule has 0 saturated heterocycles. The van der Waals surface area contributed by atoms with Crippen LogP contribution in [0.25, 0.3) is 11.2 Å². The Morgan fingerprint density at radius 1 is 1.23 bits per heavy atom. The van der Waals surface area contributed by atoms with Gasteiger partial charge in [-0.1, -0.05) is 13.3 Å². The number of methoxy groups -OCH3 is 1. The predicted molar refractivity (Wildman–Crippen MR) is 89.6 cm³/mol. The van der Waals surface area contributed by atoms with E-state index in [9.17, 15) is 0 Å². The number of rotatable bonds is 9. The standard InChI is InChI=1S/C14H23ClN6O/c1-3-4-8-17-13-19-11(16)10-12(20-13)21(9-6-5-7-15)14(18-10)22-2/h3-9H2,1-2H3,(H3,16,17,19,20). The molecule has 22 heavy (non-hydrogen) atoms. The molecule has 2 aromatic rings. The number of hydrogen-bond donors (Lipinski definition) is 2. The van der Waals surface area contributed by atoms with E-state index in [0.29, 0.717) is 34.8 Å². The molecule has 0 aliphatic heterocycles. The van der Waals surface area contributed by atoms with Crippen LogP contribution in [0.1, 0.15) is 32.6 Å². The Bertz CT molecular complexity index is 615. The molecule has 0 radical (unpaired) electrons. The van der Waals surface area contributed by atoms with Crippen molar-refractivity contribution >= 4 is 34.5 Å². The molecule has 122 valence electrons. The summed E-state index contributed by atoms with van der Waals surface area (Å²) in [5.74, 6) is 1.52. The Kier molecular flexibility index (Phi) is 6.06. The summed E-state index contributed by atoms with van der Waals surface area (Å²) < 4.78 is 7.25. The fraction of sp³-hybridized carbons (Fsp3) is 0.643. The van der Waals surface area contributed by atoms with Crippen LogP contribution >= 0.6 is 11.6 Å². The van der Waals surface area contributed by atoms with E-state index in [1.807, 2.05) is 4.57 Å². The van der Waals surface area contributed by atoms with E-state index in [4.69, 9.17) is 22.1 Å². The Labute approximate surface area is 135 Å². The van der Waals surface area contributed by atoms with Crippen LogP contribution in [0.5, 0.6) is 6.01 Å². The molecule has 0 atom stereocenters. The monoisotopic (exact) mass is 326 g/mol. The summed E-state index contributed by atoms with van der Waals surface area (Å²) in [5.41, 5.74) is 7.27. The van der Waals surface area contributed by atoms with Crippen molar-refractivity contribution in [3.63, 3.8) is 0 Å². The number of nitrogen functional groups attached to an aromatic ring is 1. The molecule has 0 saturated carbocycles. The van der Waals surface area contributed by atoms with Gasteiger partial charge in [0.25, 0.3) is 6.01 Å². The largest absolute Gasteiger partial charge is 0.468 e. The summed E-state index contributed by atoms with van der Waals surface area (Å²) in [7, 11) is 1.59. The molecule has 0 bridgehead atoms. The number of imidazole rings is 1. The van der Waals surface area contributed by atoms with Crippen LogP contribution in [-0.4, -0.2) is 39.1 Å². The number of alkyl halides is 1. The van der Waals surface area contributed by atoms with Crippen LogP contribution in [0.3, 0.4) is 0 Å². The van der Waals surface area contributed by atoms with Gasteiger partial charge in [-0.25, -0.2) is 0 Å². The number of nitrogens with two attached hydrogens (primary N) is 1. The number of ether oxygens (including phenoxy) is 1. The number of nitrogens with one attached hydrogen (secondary N) is 1. The fourth-order valence-electron chi connectivity index (χ4n) is 2.18. The lowest BCUT2D eigenvalue weighted by Crippen LogP contribution is -2.09. The first-order valence-electron chi connectivity index (χ1n) is 7.58. The van der Waals surface area contributed by atoms with Crippen LogP contribution in [0.2, 0.25) is 0 Å². The molecule has 7 nitrogen and oxygen atoms in total. The summed E-state index contributed by atoms with van der Waals surface area (Å²) in [6.07, 6.45) is 4.01. The summed E-state index contributed by atoms with van der Waals surface area (Å²) in [4.78, 5) is 13.2. The third-order valence-electron chi connectivity index (χ3n) is 3.35. The quantitative estimate of drug-likeness (QED) is 0.544. The first-order chi connectivity index (χ1) is 10.7. The topological polar surface area (TPSA) is 90.9 Å². The normalized spacial score (nSPS) is 11.0. The number of aromatic nitrogens is 4. The Balaban J connectivity index is 2.33. The molecule has 2 heterocycles. The Morgan fingerprint density at radius 2 is 2.05 bits per heavy atom. The van der Waals surface area contributed by atoms with Gasteiger partial charge in [0.15, 0.2) is 17.0 Å². The van der Waals surface area contributed by atoms with E-state index < -0.39 is 0 Å². The summed E-state index contributed by atoms with van der Waals surface area (Å²) in [6.45, 7) is 3.69. The van der Waals surface area contributed by atoms with Crippen molar-refractivity contribution in [1.29, 1.82) is 0 Å². The third kappa shape index (κ3) is 3.71. The number of anilines is 2. The van der Waals surface area contributed by atoms with Gasteiger partial charge >= 0.3 is 0 Å². The van der Waals surface area contributed by atoms with E-state index in [1.165, 1.54) is 0 Å². The molecule has 0 fully saturated rings. The van der Waals surface area contributed by atoms with Crippen LogP contribution in [-0.2, 0) is 6.54 Å². The zero-order valence-corrected chi connectivity index (χ0v) is 13.9. The second-order valence-corrected chi connectivity index (χ2v) is 5.41. The fourth-order valence-corrected chi connectivity index (χ4v) is 2.37. The Morgan fingerprint density at radius 3 is 2.73 bits per heavy atom. The van der Waals surface area contributed by atoms with Crippen LogP contribution < -0.4 is 15.8 Å². The third-order valence-corrected chi connectivity index (χ3v) is 3.62. The number of fused-ring (bicyclic) bond motifs is 1. The average Bonchev–Trinajstić information content (AvgIpc) is 2.87. The molecule has 2 aromatic heterocycles. The first kappa shape index (κ1) is 16.6. The van der Waals surface area contributed by atoms with Crippen molar-refractivity contribution in [1.82, 2.24) is 19.5 Å². The van der Waals surface area contributed by atoms with Crippen molar-refractivity contribution in [2.24, 2.45) is 0 Å². The summed E-state index contributed by atoms with van der Waals surface area (Å²) in [5, 5.41) is 3.20. The zero-order valence-electron chi connectivity index (χ0n) is 13.1. The first-order valence-corrected chi connectivity index (χ1v) is 8.12. The van der Waals surface area contributed by atoms with Crippen molar-refractivity contribution in [2.45, 2.75) is 39.2 Å². The van der Waals surface area contributed by atoms with E-state index in [1.54, 1.807) is 7.11 Å². The predicted octanol–water partition coefficient (Wildman–Crippen LogP) is 2.65. The number of aryl methyl sites for hydroxylation is 1. The van der Waals surface area contributed by atoms with Gasteiger partial charge in [0.05, 0.1) is 7.11 Å². The summed E-state index contributed by atoms with van der Waals surface area (Å²) in [6, 6.07) is 0.497. The number of hydrogen-bond acceptors (Lipinski definition) is 6. The van der Waals surface area contributed by atoms with Crippen LogP contribution in [0.4, 0.5) is 11.8 Å². The molecule has 0 amide bonds. The van der Waals surface area contributed by atoms with Gasteiger partial charge in [-0.05, 0) is 19.3 Å². The highest BCUT2D eigenvalue weighted by atomic mass is 35.5. The maximum Gasteiger partial charge on any atom is 0.298 e. The van der Waals surface area contributed by atoms with Crippen molar-refractivity contribution in [2.75, 3.05) is 30.6 Å². The molecule has 0 aliphatic rings. The molecular formula is C14H23ClN6O. The number of nitrogens with zero attached hydrogens (tertiary/aromatic N) is 4. The van der Waals surface area contributed by atoms with Crippen LogP contribution in [0.15, 0.2) is 0 Å². The molecule has 0 aromatic carbocycles. The van der Waals surface area contributed by atoms with Crippen LogP contribution in [0, 0.1) is 0 Å². The van der Waals surface area contributed by atoms with E-state index in [0.717, 1.165) is 38.8 Å². The van der Waals surface area contributed by atoms with E-state index >= 15 is 0 Å². The Hall–Kier alpha value is -1.76. The van der Waals surface area contributed by atoms with Crippen molar-refractivity contribution in [3.05, 3.63) is 0 Å². The zero-order chi connectivity index (χ0) is 15.9. The van der Waals surface area contributed by atoms with Crippen molar-refractivity contribution < 1.29 is 4.74 Å². The van der Waals surface area contributed by atoms with Gasteiger partial charge in [-0.2, -0.15) is 15.0 Å². The maximum absolute atomic E-state index is 6.01. The van der Waals surface area contributed by atoms with E-state index in [-0.39, 0.29) is 0 Å². The molecule has 2 rings (SSSR count). The minimum atomic E-state index is 0.360. The molecule has 8 heteroatoms. The summed E-state index contributed by atoms with van der Waals surface area (Å²) >= 11 is 5.74. The average molecular weight is 327 g/mol. The smallest absolute Gasteiger partial charge is 0.298 e. The number of halogens is 1. The van der Waals surface area contributed by atoms with E-state index in [2.05, 4.69) is 27.2 Å². The lowest BCUT2D eigenvalue weighted by atomic mass is 10.3. The number of unbranched alkanes of at least 4 members (excludes halogenated alkanes) is 2. The second-order valence-electron chi connectivity index (χ2n) is 5.03. The molecule has 0 spiro atoms. The maximum atomic E-state index is 6.01. The van der Waals surface area contributed by atoms with Gasteiger partial charge < -0.3 is 15.8 Å².